The first kappa shape index (κ1) is 20.0. The molecule has 8 heteroatoms. The predicted molar refractivity (Wildman–Crippen MR) is 96.8 cm³/mol. The van der Waals surface area contributed by atoms with E-state index < -0.39 is 0 Å². The lowest BCUT2D eigenvalue weighted by Crippen LogP contribution is -2.28. The molecule has 0 aromatic heterocycles. The van der Waals surface area contributed by atoms with Gasteiger partial charge in [0.05, 0.1) is 13.7 Å². The van der Waals surface area contributed by atoms with E-state index in [-0.39, 0.29) is 37.4 Å². The van der Waals surface area contributed by atoms with Crippen LogP contribution in [0.2, 0.25) is 0 Å². The van der Waals surface area contributed by atoms with Crippen LogP contribution < -0.4 is 24.8 Å². The normalized spacial score (nSPS) is 10.0. The number of benzene rings is 2. The van der Waals surface area contributed by atoms with Crippen LogP contribution in [0.15, 0.2) is 42.5 Å². The third kappa shape index (κ3) is 6.18. The number of carbonyl (C=O) groups is 2. The summed E-state index contributed by atoms with van der Waals surface area (Å²) in [6.07, 6.45) is 0. The summed E-state index contributed by atoms with van der Waals surface area (Å²) in [7, 11) is 2.95. The molecule has 0 aliphatic heterocycles. The highest BCUT2D eigenvalue weighted by molar-refractivity contribution is 5.94. The summed E-state index contributed by atoms with van der Waals surface area (Å²) >= 11 is 0. The lowest BCUT2D eigenvalue weighted by Gasteiger charge is -2.12. The Bertz CT molecular complexity index is 780. The number of amides is 2. The quantitative estimate of drug-likeness (QED) is 0.652. The third-order valence-corrected chi connectivity index (χ3v) is 3.53. The SMILES string of the molecule is CNC(=O)COc1ccc(C(=O)NCCOc2ccc(F)cc2)cc1OC. The molecular weight excluding hydrogens is 355 g/mol. The molecule has 0 spiro atoms. The summed E-state index contributed by atoms with van der Waals surface area (Å²) in [5.41, 5.74) is 0.376. The smallest absolute Gasteiger partial charge is 0.257 e. The molecule has 2 rings (SSSR count). The number of methoxy groups -OCH3 is 1. The zero-order chi connectivity index (χ0) is 19.6. The van der Waals surface area contributed by atoms with Gasteiger partial charge in [0.15, 0.2) is 18.1 Å². The molecule has 2 N–H and O–H groups in total. The molecule has 144 valence electrons. The van der Waals surface area contributed by atoms with Crippen molar-refractivity contribution >= 4 is 11.8 Å². The minimum absolute atomic E-state index is 0.154. The Labute approximate surface area is 156 Å². The third-order valence-electron chi connectivity index (χ3n) is 3.53. The largest absolute Gasteiger partial charge is 0.493 e. The van der Waals surface area contributed by atoms with Crippen LogP contribution in [0, 0.1) is 5.82 Å². The van der Waals surface area contributed by atoms with Gasteiger partial charge in [0.25, 0.3) is 11.8 Å². The van der Waals surface area contributed by atoms with Crippen molar-refractivity contribution in [1.29, 1.82) is 0 Å². The van der Waals surface area contributed by atoms with Gasteiger partial charge in [-0.15, -0.1) is 0 Å². The van der Waals surface area contributed by atoms with Crippen molar-refractivity contribution in [3.05, 3.63) is 53.8 Å². The summed E-state index contributed by atoms with van der Waals surface area (Å²) in [5, 5.41) is 5.16. The number of ether oxygens (including phenoxy) is 3. The van der Waals surface area contributed by atoms with Crippen LogP contribution >= 0.6 is 0 Å². The van der Waals surface area contributed by atoms with Crippen LogP contribution in [0.4, 0.5) is 4.39 Å². The van der Waals surface area contributed by atoms with Crippen LogP contribution in [0.25, 0.3) is 0 Å². The number of hydrogen-bond donors (Lipinski definition) is 2. The maximum Gasteiger partial charge on any atom is 0.257 e. The van der Waals surface area contributed by atoms with Gasteiger partial charge in [-0.25, -0.2) is 4.39 Å². The summed E-state index contributed by atoms with van der Waals surface area (Å²) in [6, 6.07) is 10.3. The van der Waals surface area contributed by atoms with E-state index in [0.717, 1.165) is 0 Å². The van der Waals surface area contributed by atoms with Gasteiger partial charge in [-0.2, -0.15) is 0 Å². The molecule has 27 heavy (non-hydrogen) atoms. The zero-order valence-electron chi connectivity index (χ0n) is 15.1. The van der Waals surface area contributed by atoms with Crippen LogP contribution in [0.3, 0.4) is 0 Å². The summed E-state index contributed by atoms with van der Waals surface area (Å²) in [4.78, 5) is 23.5. The molecule has 0 atom stereocenters. The van der Waals surface area contributed by atoms with Gasteiger partial charge in [-0.05, 0) is 42.5 Å². The fourth-order valence-electron chi connectivity index (χ4n) is 2.11. The Kier molecular flexibility index (Phi) is 7.42. The second-order valence-electron chi connectivity index (χ2n) is 5.39. The Balaban J connectivity index is 1.86. The van der Waals surface area contributed by atoms with Crippen molar-refractivity contribution in [2.75, 3.05) is 33.9 Å². The first-order valence-corrected chi connectivity index (χ1v) is 8.21. The molecule has 2 amide bonds. The standard InChI is InChI=1S/C19H21FN2O5/c1-21-18(23)12-27-16-8-3-13(11-17(16)25-2)19(24)22-9-10-26-15-6-4-14(20)5-7-15/h3-8,11H,9-10,12H2,1-2H3,(H,21,23)(H,22,24). The van der Waals surface area contributed by atoms with Crippen LogP contribution in [0.5, 0.6) is 17.2 Å². The van der Waals surface area contributed by atoms with E-state index in [0.29, 0.717) is 22.8 Å². The topological polar surface area (TPSA) is 85.9 Å². The van der Waals surface area contributed by atoms with Crippen molar-refractivity contribution in [2.24, 2.45) is 0 Å². The lowest BCUT2D eigenvalue weighted by atomic mass is 10.2. The number of rotatable bonds is 9. The zero-order valence-corrected chi connectivity index (χ0v) is 15.1. The van der Waals surface area contributed by atoms with Crippen molar-refractivity contribution in [1.82, 2.24) is 10.6 Å². The van der Waals surface area contributed by atoms with Gasteiger partial charge in [-0.1, -0.05) is 0 Å². The van der Waals surface area contributed by atoms with Gasteiger partial charge < -0.3 is 24.8 Å². The molecule has 0 aliphatic carbocycles. The number of carbonyl (C=O) groups excluding carboxylic acids is 2. The van der Waals surface area contributed by atoms with E-state index in [2.05, 4.69) is 10.6 Å². The Morgan fingerprint density at radius 2 is 1.78 bits per heavy atom. The average molecular weight is 376 g/mol. The summed E-state index contributed by atoms with van der Waals surface area (Å²) in [6.45, 7) is 0.356. The monoisotopic (exact) mass is 376 g/mol. The number of likely N-dealkylation sites (N-methyl/N-ethyl adjacent to an activating group) is 1. The molecular formula is C19H21FN2O5. The molecule has 0 aliphatic rings. The van der Waals surface area contributed by atoms with Gasteiger partial charge >= 0.3 is 0 Å². The number of nitrogens with one attached hydrogen (secondary N) is 2. The van der Waals surface area contributed by atoms with Crippen LogP contribution in [-0.2, 0) is 4.79 Å². The Morgan fingerprint density at radius 3 is 2.44 bits per heavy atom. The molecule has 0 saturated heterocycles. The molecule has 2 aromatic carbocycles. The minimum atomic E-state index is -0.340. The van der Waals surface area contributed by atoms with E-state index in [4.69, 9.17) is 14.2 Å². The Morgan fingerprint density at radius 1 is 1.04 bits per heavy atom. The fourth-order valence-corrected chi connectivity index (χ4v) is 2.11. The molecule has 0 bridgehead atoms. The maximum atomic E-state index is 12.8. The highest BCUT2D eigenvalue weighted by atomic mass is 19.1. The summed E-state index contributed by atoms with van der Waals surface area (Å²) in [5.74, 6) is 0.289. The van der Waals surface area contributed by atoms with Crippen molar-refractivity contribution in [3.8, 4) is 17.2 Å². The van der Waals surface area contributed by atoms with Crippen LogP contribution in [0.1, 0.15) is 10.4 Å². The molecule has 0 saturated carbocycles. The molecule has 7 nitrogen and oxygen atoms in total. The number of hydrogen-bond acceptors (Lipinski definition) is 5. The van der Waals surface area contributed by atoms with E-state index in [1.54, 1.807) is 12.1 Å². The highest BCUT2D eigenvalue weighted by Gasteiger charge is 2.12. The van der Waals surface area contributed by atoms with Gasteiger partial charge in [0.1, 0.15) is 18.2 Å². The molecule has 0 heterocycles. The average Bonchev–Trinajstić information content (AvgIpc) is 2.70. The molecule has 0 radical (unpaired) electrons. The number of halogens is 1. The van der Waals surface area contributed by atoms with E-state index in [1.807, 2.05) is 0 Å². The van der Waals surface area contributed by atoms with Crippen molar-refractivity contribution in [2.45, 2.75) is 0 Å². The highest BCUT2D eigenvalue weighted by Crippen LogP contribution is 2.28. The lowest BCUT2D eigenvalue weighted by molar-refractivity contribution is -0.122. The Hall–Kier alpha value is -3.29. The molecule has 0 fully saturated rings. The predicted octanol–water partition coefficient (Wildman–Crippen LogP) is 1.77. The second-order valence-corrected chi connectivity index (χ2v) is 5.39. The second kappa shape index (κ2) is 10.0. The fraction of sp³-hybridized carbons (Fsp3) is 0.263. The van der Waals surface area contributed by atoms with Crippen LogP contribution in [-0.4, -0.2) is 45.7 Å². The van der Waals surface area contributed by atoms with E-state index in [1.165, 1.54) is 44.5 Å². The van der Waals surface area contributed by atoms with Gasteiger partial charge in [0.2, 0.25) is 0 Å². The molecule has 0 unspecified atom stereocenters. The van der Waals surface area contributed by atoms with Gasteiger partial charge in [-0.3, -0.25) is 9.59 Å². The first-order chi connectivity index (χ1) is 13.0. The van der Waals surface area contributed by atoms with Crippen molar-refractivity contribution < 1.29 is 28.2 Å². The molecule has 2 aromatic rings. The van der Waals surface area contributed by atoms with Crippen molar-refractivity contribution in [3.63, 3.8) is 0 Å². The van der Waals surface area contributed by atoms with E-state index >= 15 is 0 Å². The summed E-state index contributed by atoms with van der Waals surface area (Å²) < 4.78 is 28.8. The maximum absolute atomic E-state index is 12.8. The minimum Gasteiger partial charge on any atom is -0.493 e. The first-order valence-electron chi connectivity index (χ1n) is 8.21. The van der Waals surface area contributed by atoms with E-state index in [9.17, 15) is 14.0 Å². The van der Waals surface area contributed by atoms with Gasteiger partial charge in [0, 0.05) is 12.6 Å².